The van der Waals surface area contributed by atoms with E-state index in [0.29, 0.717) is 21.7 Å². The lowest BCUT2D eigenvalue weighted by atomic mass is 9.97. The summed E-state index contributed by atoms with van der Waals surface area (Å²) in [6.45, 7) is 4.09. The van der Waals surface area contributed by atoms with Crippen molar-refractivity contribution < 1.29 is 9.53 Å². The first-order valence-corrected chi connectivity index (χ1v) is 8.24. The van der Waals surface area contributed by atoms with Gasteiger partial charge in [0, 0.05) is 5.69 Å². The number of nitrogens with one attached hydrogen (secondary N) is 1. The molecule has 2 rings (SSSR count). The van der Waals surface area contributed by atoms with Crippen LogP contribution in [0.5, 0.6) is 5.75 Å². The number of rotatable bonds is 6. The predicted octanol–water partition coefficient (Wildman–Crippen LogP) is 5.52. The molecule has 1 atom stereocenters. The molecule has 0 fully saturated rings. The lowest BCUT2D eigenvalue weighted by molar-refractivity contribution is -0.118. The number of carbonyl (C=O) groups is 1. The van der Waals surface area contributed by atoms with Crippen molar-refractivity contribution in [2.24, 2.45) is 0 Å². The molecule has 3 nitrogen and oxygen atoms in total. The van der Waals surface area contributed by atoms with Gasteiger partial charge in [-0.05, 0) is 36.1 Å². The van der Waals surface area contributed by atoms with Crippen LogP contribution in [0.15, 0.2) is 42.5 Å². The van der Waals surface area contributed by atoms with Gasteiger partial charge in [0.1, 0.15) is 0 Å². The molecule has 0 aliphatic carbocycles. The van der Waals surface area contributed by atoms with Crippen molar-refractivity contribution in [3.63, 3.8) is 0 Å². The highest BCUT2D eigenvalue weighted by atomic mass is 35.5. The van der Waals surface area contributed by atoms with E-state index in [1.54, 1.807) is 18.2 Å². The molecule has 0 unspecified atom stereocenters. The molecule has 0 bridgehead atoms. The first-order valence-electron chi connectivity index (χ1n) is 7.48. The summed E-state index contributed by atoms with van der Waals surface area (Å²) in [6, 6.07) is 12.8. The topological polar surface area (TPSA) is 38.3 Å². The smallest absolute Gasteiger partial charge is 0.262 e. The average molecular weight is 352 g/mol. The van der Waals surface area contributed by atoms with Crippen LogP contribution in [0.3, 0.4) is 0 Å². The minimum Gasteiger partial charge on any atom is -0.481 e. The molecule has 122 valence electrons. The Balaban J connectivity index is 2.03. The summed E-state index contributed by atoms with van der Waals surface area (Å²) in [4.78, 5) is 12.1. The standard InChI is InChI=1S/C18H19Cl2NO2/c1-3-12(2)13-7-4-5-10-16(13)21-17(22)11-23-18-14(19)8-6-9-15(18)20/h4-10,12H,3,11H2,1-2H3,(H,21,22)/t12-/m0/s1. The second kappa shape index (κ2) is 8.23. The quantitative estimate of drug-likeness (QED) is 0.743. The minimum atomic E-state index is -0.253. The van der Waals surface area contributed by atoms with E-state index in [1.165, 1.54) is 0 Å². The molecule has 0 saturated heterocycles. The molecule has 0 aliphatic rings. The molecule has 1 N–H and O–H groups in total. The number of benzene rings is 2. The van der Waals surface area contributed by atoms with Gasteiger partial charge in [-0.25, -0.2) is 0 Å². The third kappa shape index (κ3) is 4.63. The van der Waals surface area contributed by atoms with Crippen molar-refractivity contribution in [2.75, 3.05) is 11.9 Å². The van der Waals surface area contributed by atoms with Crippen LogP contribution in [0.2, 0.25) is 10.0 Å². The Morgan fingerprint density at radius 3 is 2.43 bits per heavy atom. The number of halogens is 2. The van der Waals surface area contributed by atoms with Crippen LogP contribution in [-0.2, 0) is 4.79 Å². The summed E-state index contributed by atoms with van der Waals surface area (Å²) in [5.74, 6) is 0.434. The van der Waals surface area contributed by atoms with E-state index in [9.17, 15) is 4.79 Å². The van der Waals surface area contributed by atoms with Crippen molar-refractivity contribution in [1.29, 1.82) is 0 Å². The summed E-state index contributed by atoms with van der Waals surface area (Å²) in [5, 5.41) is 3.64. The van der Waals surface area contributed by atoms with Gasteiger partial charge in [-0.15, -0.1) is 0 Å². The molecular weight excluding hydrogens is 333 g/mol. The van der Waals surface area contributed by atoms with Gasteiger partial charge < -0.3 is 10.1 Å². The zero-order chi connectivity index (χ0) is 16.8. The zero-order valence-electron chi connectivity index (χ0n) is 13.1. The fourth-order valence-electron chi connectivity index (χ4n) is 2.20. The van der Waals surface area contributed by atoms with Crippen LogP contribution >= 0.6 is 23.2 Å². The molecule has 0 spiro atoms. The highest BCUT2D eigenvalue weighted by Gasteiger charge is 2.13. The zero-order valence-corrected chi connectivity index (χ0v) is 14.6. The van der Waals surface area contributed by atoms with Crippen LogP contribution in [0, 0.1) is 0 Å². The maximum atomic E-state index is 12.1. The van der Waals surface area contributed by atoms with E-state index in [4.69, 9.17) is 27.9 Å². The Labute approximate surface area is 146 Å². The summed E-state index contributed by atoms with van der Waals surface area (Å²) < 4.78 is 5.45. The van der Waals surface area contributed by atoms with Crippen molar-refractivity contribution in [3.05, 3.63) is 58.1 Å². The van der Waals surface area contributed by atoms with Crippen molar-refractivity contribution in [2.45, 2.75) is 26.2 Å². The number of hydrogen-bond donors (Lipinski definition) is 1. The Morgan fingerprint density at radius 1 is 1.13 bits per heavy atom. The van der Waals surface area contributed by atoms with Gasteiger partial charge in [0.2, 0.25) is 0 Å². The Morgan fingerprint density at radius 2 is 1.78 bits per heavy atom. The Hall–Kier alpha value is -1.71. The lowest BCUT2D eigenvalue weighted by Crippen LogP contribution is -2.21. The van der Waals surface area contributed by atoms with E-state index in [1.807, 2.05) is 24.3 Å². The molecule has 0 saturated carbocycles. The van der Waals surface area contributed by atoms with Gasteiger partial charge in [0.05, 0.1) is 10.0 Å². The van der Waals surface area contributed by atoms with E-state index in [2.05, 4.69) is 19.2 Å². The average Bonchev–Trinajstić information content (AvgIpc) is 2.54. The molecule has 0 aliphatic heterocycles. The van der Waals surface area contributed by atoms with Crippen molar-refractivity contribution >= 4 is 34.8 Å². The van der Waals surface area contributed by atoms with Gasteiger partial charge >= 0.3 is 0 Å². The fourth-order valence-corrected chi connectivity index (χ4v) is 2.71. The number of carbonyl (C=O) groups excluding carboxylic acids is 1. The van der Waals surface area contributed by atoms with Gasteiger partial charge in [0.15, 0.2) is 12.4 Å². The normalized spacial score (nSPS) is 11.8. The van der Waals surface area contributed by atoms with E-state index in [0.717, 1.165) is 17.7 Å². The molecular formula is C18H19Cl2NO2. The number of ether oxygens (including phenoxy) is 1. The summed E-state index contributed by atoms with van der Waals surface area (Å²) in [7, 11) is 0. The largest absolute Gasteiger partial charge is 0.481 e. The second-order valence-corrected chi connectivity index (χ2v) is 6.10. The van der Waals surface area contributed by atoms with Crippen LogP contribution in [-0.4, -0.2) is 12.5 Å². The van der Waals surface area contributed by atoms with Gasteiger partial charge in [0.25, 0.3) is 5.91 Å². The molecule has 0 heterocycles. The molecule has 23 heavy (non-hydrogen) atoms. The maximum Gasteiger partial charge on any atom is 0.262 e. The van der Waals surface area contributed by atoms with Crippen LogP contribution < -0.4 is 10.1 Å². The van der Waals surface area contributed by atoms with Gasteiger partial charge in [-0.1, -0.05) is 61.3 Å². The van der Waals surface area contributed by atoms with E-state index >= 15 is 0 Å². The van der Waals surface area contributed by atoms with Crippen LogP contribution in [0.4, 0.5) is 5.69 Å². The minimum absolute atomic E-state index is 0.154. The number of anilines is 1. The summed E-state index contributed by atoms with van der Waals surface area (Å²) in [6.07, 6.45) is 0.999. The Bertz CT molecular complexity index is 668. The molecule has 2 aromatic rings. The summed E-state index contributed by atoms with van der Waals surface area (Å²) >= 11 is 12.0. The third-order valence-electron chi connectivity index (χ3n) is 3.64. The highest BCUT2D eigenvalue weighted by molar-refractivity contribution is 6.37. The molecule has 2 aromatic carbocycles. The maximum absolute atomic E-state index is 12.1. The predicted molar refractivity (Wildman–Crippen MR) is 95.7 cm³/mol. The molecule has 0 radical (unpaired) electrons. The van der Waals surface area contributed by atoms with E-state index in [-0.39, 0.29) is 12.5 Å². The highest BCUT2D eigenvalue weighted by Crippen LogP contribution is 2.32. The number of hydrogen-bond acceptors (Lipinski definition) is 2. The summed E-state index contributed by atoms with van der Waals surface area (Å²) in [5.41, 5.74) is 1.92. The number of para-hydroxylation sites is 2. The fraction of sp³-hybridized carbons (Fsp3) is 0.278. The molecule has 5 heteroatoms. The third-order valence-corrected chi connectivity index (χ3v) is 4.24. The van der Waals surface area contributed by atoms with Crippen molar-refractivity contribution in [1.82, 2.24) is 0 Å². The van der Waals surface area contributed by atoms with Crippen LogP contribution in [0.25, 0.3) is 0 Å². The Kier molecular flexibility index (Phi) is 6.31. The lowest BCUT2D eigenvalue weighted by Gasteiger charge is -2.16. The molecule has 1 amide bonds. The first kappa shape index (κ1) is 17.6. The van der Waals surface area contributed by atoms with Crippen LogP contribution in [0.1, 0.15) is 31.7 Å². The van der Waals surface area contributed by atoms with Gasteiger partial charge in [-0.2, -0.15) is 0 Å². The SMILES string of the molecule is CC[C@H](C)c1ccccc1NC(=O)COc1c(Cl)cccc1Cl. The molecule has 0 aromatic heterocycles. The van der Waals surface area contributed by atoms with Crippen molar-refractivity contribution in [3.8, 4) is 5.75 Å². The number of amides is 1. The van der Waals surface area contributed by atoms with Gasteiger partial charge in [-0.3, -0.25) is 4.79 Å². The van der Waals surface area contributed by atoms with E-state index < -0.39 is 0 Å². The second-order valence-electron chi connectivity index (χ2n) is 5.28. The monoisotopic (exact) mass is 351 g/mol. The first-order chi connectivity index (χ1) is 11.0.